The van der Waals surface area contributed by atoms with Crippen LogP contribution >= 0.6 is 11.6 Å². The Labute approximate surface area is 137 Å². The molecular formula is C17H23ClN4. The lowest BCUT2D eigenvalue weighted by Gasteiger charge is -2.22. The molecule has 1 aromatic carbocycles. The Morgan fingerprint density at radius 3 is 2.55 bits per heavy atom. The lowest BCUT2D eigenvalue weighted by molar-refractivity contribution is 0.733. The van der Waals surface area contributed by atoms with Gasteiger partial charge in [-0.15, -0.1) is 0 Å². The maximum Gasteiger partial charge on any atom is 0.229 e. The predicted octanol–water partition coefficient (Wildman–Crippen LogP) is 4.81. The van der Waals surface area contributed by atoms with E-state index in [1.165, 1.54) is 0 Å². The van der Waals surface area contributed by atoms with Gasteiger partial charge in [-0.05, 0) is 43.5 Å². The Kier molecular flexibility index (Phi) is 6.01. The van der Waals surface area contributed by atoms with Gasteiger partial charge in [-0.3, -0.25) is 0 Å². The number of aromatic nitrogens is 2. The number of benzene rings is 1. The lowest BCUT2D eigenvalue weighted by Crippen LogP contribution is -2.26. The van der Waals surface area contributed by atoms with E-state index >= 15 is 0 Å². The van der Waals surface area contributed by atoms with Crippen molar-refractivity contribution in [2.24, 2.45) is 0 Å². The monoisotopic (exact) mass is 318 g/mol. The highest BCUT2D eigenvalue weighted by Crippen LogP contribution is 2.25. The summed E-state index contributed by atoms with van der Waals surface area (Å²) < 4.78 is 0. The molecule has 0 unspecified atom stereocenters. The summed E-state index contributed by atoms with van der Waals surface area (Å²) in [6, 6.07) is 7.74. The zero-order valence-corrected chi connectivity index (χ0v) is 14.2. The average molecular weight is 319 g/mol. The van der Waals surface area contributed by atoms with Crippen LogP contribution in [0.3, 0.4) is 0 Å². The summed E-state index contributed by atoms with van der Waals surface area (Å²) in [6.45, 7) is 8.34. The standard InChI is InChI=1S/C17H23ClN4/c1-4-11-22(12-5-2)16-9-10-19-17(21-16)20-15-8-6-7-14(18)13(15)3/h6-10H,4-5,11-12H2,1-3H3,(H,19,20,21). The Morgan fingerprint density at radius 2 is 1.86 bits per heavy atom. The second-order valence-corrected chi connectivity index (χ2v) is 5.67. The maximum absolute atomic E-state index is 6.16. The summed E-state index contributed by atoms with van der Waals surface area (Å²) in [4.78, 5) is 11.2. The van der Waals surface area contributed by atoms with Crippen LogP contribution in [0.25, 0.3) is 0 Å². The van der Waals surface area contributed by atoms with Gasteiger partial charge in [0.2, 0.25) is 5.95 Å². The fourth-order valence-corrected chi connectivity index (χ4v) is 2.50. The van der Waals surface area contributed by atoms with E-state index < -0.39 is 0 Å². The largest absolute Gasteiger partial charge is 0.356 e. The van der Waals surface area contributed by atoms with Crippen LogP contribution in [0.15, 0.2) is 30.5 Å². The van der Waals surface area contributed by atoms with Gasteiger partial charge in [0.15, 0.2) is 0 Å². The summed E-state index contributed by atoms with van der Waals surface area (Å²) in [5.74, 6) is 1.56. The number of rotatable bonds is 7. The molecule has 0 fully saturated rings. The molecule has 22 heavy (non-hydrogen) atoms. The van der Waals surface area contributed by atoms with Gasteiger partial charge in [0, 0.05) is 30.0 Å². The predicted molar refractivity (Wildman–Crippen MR) is 94.3 cm³/mol. The molecular weight excluding hydrogens is 296 g/mol. The molecule has 0 amide bonds. The van der Waals surface area contributed by atoms with E-state index in [2.05, 4.69) is 34.0 Å². The number of halogens is 1. The highest BCUT2D eigenvalue weighted by molar-refractivity contribution is 6.31. The first kappa shape index (κ1) is 16.6. The molecule has 0 aliphatic rings. The Hall–Kier alpha value is -1.81. The van der Waals surface area contributed by atoms with E-state index in [-0.39, 0.29) is 0 Å². The molecule has 0 atom stereocenters. The summed E-state index contributed by atoms with van der Waals surface area (Å²) >= 11 is 6.16. The third kappa shape index (κ3) is 4.10. The molecule has 0 saturated carbocycles. The smallest absolute Gasteiger partial charge is 0.229 e. The minimum Gasteiger partial charge on any atom is -0.356 e. The molecule has 0 bridgehead atoms. The van der Waals surface area contributed by atoms with Crippen LogP contribution in [0, 0.1) is 6.92 Å². The van der Waals surface area contributed by atoms with Gasteiger partial charge in [-0.1, -0.05) is 31.5 Å². The first-order valence-corrected chi connectivity index (χ1v) is 8.13. The highest BCUT2D eigenvalue weighted by atomic mass is 35.5. The fourth-order valence-electron chi connectivity index (χ4n) is 2.33. The molecule has 0 aliphatic carbocycles. The van der Waals surface area contributed by atoms with Crippen LogP contribution in [0.2, 0.25) is 5.02 Å². The molecule has 5 heteroatoms. The highest BCUT2D eigenvalue weighted by Gasteiger charge is 2.09. The third-order valence-electron chi connectivity index (χ3n) is 3.47. The molecule has 2 aromatic rings. The zero-order valence-electron chi connectivity index (χ0n) is 13.4. The number of hydrogen-bond donors (Lipinski definition) is 1. The second-order valence-electron chi connectivity index (χ2n) is 5.26. The Balaban J connectivity index is 2.22. The number of nitrogens with zero attached hydrogens (tertiary/aromatic N) is 3. The van der Waals surface area contributed by atoms with Gasteiger partial charge in [0.25, 0.3) is 0 Å². The minimum atomic E-state index is 0.597. The van der Waals surface area contributed by atoms with E-state index in [1.807, 2.05) is 31.2 Å². The van der Waals surface area contributed by atoms with Crippen molar-refractivity contribution >= 4 is 29.1 Å². The number of nitrogens with one attached hydrogen (secondary N) is 1. The first-order valence-electron chi connectivity index (χ1n) is 7.75. The van der Waals surface area contributed by atoms with Crippen molar-refractivity contribution in [3.8, 4) is 0 Å². The molecule has 0 spiro atoms. The van der Waals surface area contributed by atoms with Crippen LogP contribution in [0.5, 0.6) is 0 Å². The second kappa shape index (κ2) is 7.99. The normalized spacial score (nSPS) is 10.5. The number of anilines is 3. The van der Waals surface area contributed by atoms with Crippen molar-refractivity contribution in [3.63, 3.8) is 0 Å². The quantitative estimate of drug-likeness (QED) is 0.795. The van der Waals surface area contributed by atoms with Gasteiger partial charge >= 0.3 is 0 Å². The molecule has 2 rings (SSSR count). The Morgan fingerprint density at radius 1 is 1.14 bits per heavy atom. The molecule has 118 valence electrons. The number of hydrogen-bond acceptors (Lipinski definition) is 4. The van der Waals surface area contributed by atoms with E-state index in [0.717, 1.165) is 48.0 Å². The molecule has 0 aliphatic heterocycles. The Bertz CT molecular complexity index is 609. The minimum absolute atomic E-state index is 0.597. The SMILES string of the molecule is CCCN(CCC)c1ccnc(Nc2cccc(Cl)c2C)n1. The van der Waals surface area contributed by atoms with Gasteiger partial charge in [0.05, 0.1) is 0 Å². The molecule has 1 aromatic heterocycles. The van der Waals surface area contributed by atoms with E-state index in [4.69, 9.17) is 11.6 Å². The molecule has 0 saturated heterocycles. The van der Waals surface area contributed by atoms with Crippen LogP contribution in [0.1, 0.15) is 32.3 Å². The summed E-state index contributed by atoms with van der Waals surface area (Å²) in [5, 5.41) is 4.00. The molecule has 0 radical (unpaired) electrons. The van der Waals surface area contributed by atoms with Gasteiger partial charge in [-0.2, -0.15) is 4.98 Å². The molecule has 1 heterocycles. The van der Waals surface area contributed by atoms with Crippen LogP contribution in [0.4, 0.5) is 17.5 Å². The van der Waals surface area contributed by atoms with Gasteiger partial charge in [-0.25, -0.2) is 4.98 Å². The first-order chi connectivity index (χ1) is 10.7. The maximum atomic E-state index is 6.16. The lowest BCUT2D eigenvalue weighted by atomic mass is 10.2. The average Bonchev–Trinajstić information content (AvgIpc) is 2.52. The van der Waals surface area contributed by atoms with Crippen LogP contribution in [-0.2, 0) is 0 Å². The van der Waals surface area contributed by atoms with E-state index in [0.29, 0.717) is 5.95 Å². The van der Waals surface area contributed by atoms with Crippen LogP contribution < -0.4 is 10.2 Å². The third-order valence-corrected chi connectivity index (χ3v) is 3.88. The summed E-state index contributed by atoms with van der Waals surface area (Å²) in [6.07, 6.45) is 3.99. The van der Waals surface area contributed by atoms with E-state index in [9.17, 15) is 0 Å². The summed E-state index contributed by atoms with van der Waals surface area (Å²) in [7, 11) is 0. The topological polar surface area (TPSA) is 41.1 Å². The molecule has 1 N–H and O–H groups in total. The van der Waals surface area contributed by atoms with Crippen molar-refractivity contribution in [1.29, 1.82) is 0 Å². The van der Waals surface area contributed by atoms with Crippen molar-refractivity contribution < 1.29 is 0 Å². The van der Waals surface area contributed by atoms with Gasteiger partial charge < -0.3 is 10.2 Å². The van der Waals surface area contributed by atoms with E-state index in [1.54, 1.807) is 6.20 Å². The van der Waals surface area contributed by atoms with Crippen molar-refractivity contribution in [2.75, 3.05) is 23.3 Å². The van der Waals surface area contributed by atoms with Crippen molar-refractivity contribution in [2.45, 2.75) is 33.6 Å². The van der Waals surface area contributed by atoms with Crippen LogP contribution in [-0.4, -0.2) is 23.1 Å². The van der Waals surface area contributed by atoms with Crippen molar-refractivity contribution in [1.82, 2.24) is 9.97 Å². The molecule has 4 nitrogen and oxygen atoms in total. The fraction of sp³-hybridized carbons (Fsp3) is 0.412. The summed E-state index contributed by atoms with van der Waals surface area (Å²) in [5.41, 5.74) is 1.93. The van der Waals surface area contributed by atoms with Gasteiger partial charge in [0.1, 0.15) is 5.82 Å². The zero-order chi connectivity index (χ0) is 15.9. The van der Waals surface area contributed by atoms with Crippen molar-refractivity contribution in [3.05, 3.63) is 41.0 Å².